The second-order valence-electron chi connectivity index (χ2n) is 6.90. The molecule has 5 nitrogen and oxygen atoms in total. The van der Waals surface area contributed by atoms with Crippen LogP contribution >= 0.6 is 11.6 Å². The number of nitrogens with one attached hydrogen (secondary N) is 2. The number of amides is 2. The third kappa shape index (κ3) is 4.25. The van der Waals surface area contributed by atoms with Gasteiger partial charge in [-0.05, 0) is 41.5 Å². The highest BCUT2D eigenvalue weighted by Gasteiger charge is 2.20. The van der Waals surface area contributed by atoms with E-state index in [1.165, 1.54) is 5.39 Å². The Hall–Kier alpha value is -3.31. The monoisotopic (exact) mass is 404 g/mol. The minimum atomic E-state index is -0.276. The fraction of sp³-hybridized carbons (Fsp3) is 0.130. The zero-order valence-corrected chi connectivity index (χ0v) is 16.7. The van der Waals surface area contributed by atoms with Gasteiger partial charge < -0.3 is 15.2 Å². The first-order valence-corrected chi connectivity index (χ1v) is 9.74. The van der Waals surface area contributed by atoms with Crippen LogP contribution in [0.4, 0.5) is 10.5 Å². The Bertz CT molecular complexity index is 1140. The number of pyridine rings is 1. The average Bonchev–Trinajstić information content (AvgIpc) is 3.06. The Balaban J connectivity index is 1.59. The molecule has 29 heavy (non-hydrogen) atoms. The molecule has 4 rings (SSSR count). The molecule has 0 unspecified atom stereocenters. The third-order valence-corrected chi connectivity index (χ3v) is 5.17. The van der Waals surface area contributed by atoms with Crippen LogP contribution in [0.25, 0.3) is 10.9 Å². The highest BCUT2D eigenvalue weighted by atomic mass is 35.5. The number of fused-ring (bicyclic) bond motifs is 1. The summed E-state index contributed by atoms with van der Waals surface area (Å²) in [6, 6.07) is 19.0. The summed E-state index contributed by atoms with van der Waals surface area (Å²) >= 11 is 5.99. The van der Waals surface area contributed by atoms with Crippen LogP contribution in [0.3, 0.4) is 0 Å². The van der Waals surface area contributed by atoms with Gasteiger partial charge in [0.25, 0.3) is 0 Å². The number of aromatic nitrogens is 2. The summed E-state index contributed by atoms with van der Waals surface area (Å²) in [4.78, 5) is 16.7. The van der Waals surface area contributed by atoms with E-state index in [1.54, 1.807) is 30.5 Å². The molecular weight excluding hydrogens is 384 g/mol. The molecule has 0 aliphatic rings. The normalized spacial score (nSPS) is 11.9. The first-order chi connectivity index (χ1) is 14.1. The summed E-state index contributed by atoms with van der Waals surface area (Å²) in [7, 11) is 2.03. The molecule has 1 atom stereocenters. The molecule has 6 heteroatoms. The summed E-state index contributed by atoms with van der Waals surface area (Å²) in [6.07, 6.45) is 5.73. The van der Waals surface area contributed by atoms with Gasteiger partial charge in [-0.2, -0.15) is 0 Å². The van der Waals surface area contributed by atoms with E-state index in [2.05, 4.69) is 38.5 Å². The molecule has 0 spiro atoms. The van der Waals surface area contributed by atoms with E-state index in [0.717, 1.165) is 16.6 Å². The van der Waals surface area contributed by atoms with Crippen molar-refractivity contribution in [3.05, 3.63) is 95.4 Å². The Kier molecular flexibility index (Phi) is 5.49. The van der Waals surface area contributed by atoms with Gasteiger partial charge in [0.15, 0.2) is 0 Å². The van der Waals surface area contributed by atoms with Gasteiger partial charge >= 0.3 is 6.03 Å². The van der Waals surface area contributed by atoms with Crippen LogP contribution in [0.2, 0.25) is 5.02 Å². The van der Waals surface area contributed by atoms with Gasteiger partial charge in [0, 0.05) is 59.7 Å². The highest BCUT2D eigenvalue weighted by Crippen LogP contribution is 2.31. The van der Waals surface area contributed by atoms with Crippen LogP contribution in [0.1, 0.15) is 17.0 Å². The van der Waals surface area contributed by atoms with E-state index in [0.29, 0.717) is 17.3 Å². The van der Waals surface area contributed by atoms with E-state index in [-0.39, 0.29) is 11.9 Å². The molecule has 2 amide bonds. The molecule has 2 heterocycles. The van der Waals surface area contributed by atoms with E-state index >= 15 is 0 Å². The first-order valence-electron chi connectivity index (χ1n) is 9.36. The number of urea groups is 1. The summed E-state index contributed by atoms with van der Waals surface area (Å²) in [5.41, 5.74) is 4.00. The van der Waals surface area contributed by atoms with Crippen molar-refractivity contribution in [3.63, 3.8) is 0 Å². The molecule has 0 fully saturated rings. The van der Waals surface area contributed by atoms with Crippen LogP contribution < -0.4 is 10.6 Å². The summed E-state index contributed by atoms with van der Waals surface area (Å²) < 4.78 is 2.11. The molecule has 4 aromatic rings. The molecule has 0 aliphatic heterocycles. The van der Waals surface area contributed by atoms with Crippen LogP contribution in [0.15, 0.2) is 79.3 Å². The average molecular weight is 405 g/mol. The molecule has 2 N–H and O–H groups in total. The number of para-hydroxylation sites is 1. The van der Waals surface area contributed by atoms with Gasteiger partial charge in [0.05, 0.1) is 0 Å². The number of carbonyl (C=O) groups excluding carboxylic acids is 1. The Morgan fingerprint density at radius 3 is 2.79 bits per heavy atom. The number of anilines is 1. The minimum absolute atomic E-state index is 0.0279. The molecular formula is C23H21ClN4O. The SMILES string of the molecule is Cn1cc([C@@H](CNC(=O)Nc2cccc(Cl)c2)c2cccnc2)c2ccccc21. The van der Waals surface area contributed by atoms with Gasteiger partial charge in [-0.3, -0.25) is 4.98 Å². The third-order valence-electron chi connectivity index (χ3n) is 4.94. The molecule has 0 bridgehead atoms. The topological polar surface area (TPSA) is 59.0 Å². The molecule has 0 saturated heterocycles. The largest absolute Gasteiger partial charge is 0.350 e. The number of aryl methyl sites for hydroxylation is 1. The number of halogens is 1. The number of hydrogen-bond acceptors (Lipinski definition) is 2. The van der Waals surface area contributed by atoms with Crippen molar-refractivity contribution < 1.29 is 4.79 Å². The van der Waals surface area contributed by atoms with Crippen LogP contribution in [0.5, 0.6) is 0 Å². The summed E-state index contributed by atoms with van der Waals surface area (Å²) in [5.74, 6) is -0.0279. The standard InChI is InChI=1S/C23H21ClN4O/c1-28-15-21(19-9-2-3-10-22(19)28)20(16-6-5-11-25-13-16)14-26-23(29)27-18-8-4-7-17(24)12-18/h2-13,15,20H,14H2,1H3,(H2,26,27,29)/t20-/m0/s1. The van der Waals surface area contributed by atoms with Crippen LogP contribution in [-0.4, -0.2) is 22.1 Å². The molecule has 2 aromatic heterocycles. The maximum atomic E-state index is 12.5. The maximum Gasteiger partial charge on any atom is 0.319 e. The quantitative estimate of drug-likeness (QED) is 0.481. The Morgan fingerprint density at radius 1 is 1.14 bits per heavy atom. The minimum Gasteiger partial charge on any atom is -0.350 e. The van der Waals surface area contributed by atoms with Crippen molar-refractivity contribution in [2.45, 2.75) is 5.92 Å². The Labute approximate surface area is 174 Å². The van der Waals surface area contributed by atoms with Crippen molar-refractivity contribution in [3.8, 4) is 0 Å². The lowest BCUT2D eigenvalue weighted by Gasteiger charge is -2.18. The van der Waals surface area contributed by atoms with Crippen molar-refractivity contribution >= 4 is 34.2 Å². The van der Waals surface area contributed by atoms with Gasteiger partial charge in [-0.25, -0.2) is 4.79 Å². The van der Waals surface area contributed by atoms with Gasteiger partial charge in [0.2, 0.25) is 0 Å². The molecule has 2 aromatic carbocycles. The highest BCUT2D eigenvalue weighted by molar-refractivity contribution is 6.30. The Morgan fingerprint density at radius 2 is 2.00 bits per heavy atom. The number of rotatable bonds is 5. The zero-order valence-electron chi connectivity index (χ0n) is 16.0. The van der Waals surface area contributed by atoms with Gasteiger partial charge in [0.1, 0.15) is 0 Å². The van der Waals surface area contributed by atoms with E-state index in [4.69, 9.17) is 11.6 Å². The van der Waals surface area contributed by atoms with E-state index in [1.807, 2.05) is 37.5 Å². The lowest BCUT2D eigenvalue weighted by Crippen LogP contribution is -2.32. The smallest absolute Gasteiger partial charge is 0.319 e. The lowest BCUT2D eigenvalue weighted by molar-refractivity contribution is 0.252. The molecule has 146 valence electrons. The van der Waals surface area contributed by atoms with Gasteiger partial charge in [-0.1, -0.05) is 41.9 Å². The summed E-state index contributed by atoms with van der Waals surface area (Å²) in [5, 5.41) is 7.56. The second kappa shape index (κ2) is 8.37. The van der Waals surface area contributed by atoms with Crippen LogP contribution in [-0.2, 0) is 7.05 Å². The summed E-state index contributed by atoms with van der Waals surface area (Å²) in [6.45, 7) is 0.437. The van der Waals surface area contributed by atoms with Crippen molar-refractivity contribution in [2.24, 2.45) is 7.05 Å². The molecule has 0 radical (unpaired) electrons. The molecule has 0 aliphatic carbocycles. The van der Waals surface area contributed by atoms with Crippen LogP contribution in [0, 0.1) is 0 Å². The van der Waals surface area contributed by atoms with Crippen molar-refractivity contribution in [1.82, 2.24) is 14.9 Å². The van der Waals surface area contributed by atoms with E-state index in [9.17, 15) is 4.79 Å². The number of nitrogens with zero attached hydrogens (tertiary/aromatic N) is 2. The zero-order chi connectivity index (χ0) is 20.2. The van der Waals surface area contributed by atoms with Crippen molar-refractivity contribution in [2.75, 3.05) is 11.9 Å². The number of carbonyl (C=O) groups is 1. The predicted molar refractivity (Wildman–Crippen MR) is 117 cm³/mol. The number of hydrogen-bond donors (Lipinski definition) is 2. The first kappa shape index (κ1) is 19.0. The predicted octanol–water partition coefficient (Wildman–Crippen LogP) is 5.18. The fourth-order valence-electron chi connectivity index (χ4n) is 3.58. The molecule has 0 saturated carbocycles. The maximum absolute atomic E-state index is 12.5. The van der Waals surface area contributed by atoms with Gasteiger partial charge in [-0.15, -0.1) is 0 Å². The lowest BCUT2D eigenvalue weighted by atomic mass is 9.92. The second-order valence-corrected chi connectivity index (χ2v) is 7.33. The number of benzene rings is 2. The fourth-order valence-corrected chi connectivity index (χ4v) is 3.77. The van der Waals surface area contributed by atoms with Crippen molar-refractivity contribution in [1.29, 1.82) is 0 Å². The van der Waals surface area contributed by atoms with E-state index < -0.39 is 0 Å².